The zero-order chi connectivity index (χ0) is 22.4. The second-order valence-electron chi connectivity index (χ2n) is 8.24. The van der Waals surface area contributed by atoms with Crippen molar-refractivity contribution >= 4 is 0 Å². The molecule has 4 N–H and O–H groups in total. The van der Waals surface area contributed by atoms with Gasteiger partial charge < -0.3 is 39.4 Å². The lowest BCUT2D eigenvalue weighted by atomic mass is 9.88. The van der Waals surface area contributed by atoms with Gasteiger partial charge in [-0.3, -0.25) is 0 Å². The van der Waals surface area contributed by atoms with Crippen LogP contribution in [0.2, 0.25) is 0 Å². The monoisotopic (exact) mass is 448 g/mol. The Morgan fingerprint density at radius 2 is 1.75 bits per heavy atom. The first kappa shape index (κ1) is 21.3. The van der Waals surface area contributed by atoms with Gasteiger partial charge in [0.2, 0.25) is 0 Å². The van der Waals surface area contributed by atoms with Gasteiger partial charge in [0.25, 0.3) is 0 Å². The van der Waals surface area contributed by atoms with Crippen LogP contribution in [0.15, 0.2) is 24.3 Å². The van der Waals surface area contributed by atoms with Gasteiger partial charge in [0.15, 0.2) is 17.7 Å². The Kier molecular flexibility index (Phi) is 5.58. The Morgan fingerprint density at radius 3 is 2.53 bits per heavy atom. The average Bonchev–Trinajstić information content (AvgIpc) is 3.31. The van der Waals surface area contributed by atoms with Crippen molar-refractivity contribution in [3.05, 3.63) is 46.5 Å². The SMILES string of the molecule is OC[C@H]1O[C@@H](c2cc(Cc3ccc4c(c3)OCCO4)c3c(c2O)CCO3)[C@H](O)[C@@H](O)[C@@H]1F. The number of aliphatic hydroxyl groups is 3. The number of phenols is 1. The van der Waals surface area contributed by atoms with Gasteiger partial charge in [-0.1, -0.05) is 6.07 Å². The largest absolute Gasteiger partial charge is 0.507 e. The van der Waals surface area contributed by atoms with Gasteiger partial charge in [-0.2, -0.15) is 0 Å². The summed E-state index contributed by atoms with van der Waals surface area (Å²) in [5.41, 5.74) is 2.46. The van der Waals surface area contributed by atoms with Crippen LogP contribution in [0.4, 0.5) is 4.39 Å². The van der Waals surface area contributed by atoms with Crippen LogP contribution in [0.5, 0.6) is 23.0 Å². The van der Waals surface area contributed by atoms with E-state index in [1.54, 1.807) is 6.07 Å². The molecule has 5 atom stereocenters. The summed E-state index contributed by atoms with van der Waals surface area (Å²) < 4.78 is 36.8. The van der Waals surface area contributed by atoms with E-state index in [0.29, 0.717) is 55.5 Å². The Labute approximate surface area is 183 Å². The van der Waals surface area contributed by atoms with E-state index < -0.39 is 37.2 Å². The van der Waals surface area contributed by atoms with Crippen LogP contribution >= 0.6 is 0 Å². The van der Waals surface area contributed by atoms with Gasteiger partial charge in [-0.05, 0) is 29.3 Å². The summed E-state index contributed by atoms with van der Waals surface area (Å²) in [6.45, 7) is 0.696. The quantitative estimate of drug-likeness (QED) is 0.551. The minimum atomic E-state index is -1.94. The highest BCUT2D eigenvalue weighted by atomic mass is 19.1. The molecule has 1 saturated heterocycles. The number of hydrogen-bond acceptors (Lipinski definition) is 8. The van der Waals surface area contributed by atoms with Gasteiger partial charge in [0.1, 0.15) is 49.1 Å². The summed E-state index contributed by atoms with van der Waals surface area (Å²) in [5.74, 6) is 1.78. The van der Waals surface area contributed by atoms with Crippen molar-refractivity contribution in [2.45, 2.75) is 43.4 Å². The summed E-state index contributed by atoms with van der Waals surface area (Å²) in [6.07, 6.45) is -6.93. The van der Waals surface area contributed by atoms with E-state index in [1.165, 1.54) is 0 Å². The third-order valence-corrected chi connectivity index (χ3v) is 6.20. The van der Waals surface area contributed by atoms with Crippen molar-refractivity contribution < 1.29 is 43.8 Å². The Balaban J connectivity index is 1.52. The number of ether oxygens (including phenoxy) is 4. The molecule has 0 unspecified atom stereocenters. The summed E-state index contributed by atoms with van der Waals surface area (Å²) in [4.78, 5) is 0. The van der Waals surface area contributed by atoms with Gasteiger partial charge in [0, 0.05) is 24.0 Å². The maximum Gasteiger partial charge on any atom is 0.161 e. The molecule has 2 aromatic rings. The second kappa shape index (κ2) is 8.40. The van der Waals surface area contributed by atoms with Crippen LogP contribution in [0.1, 0.15) is 28.4 Å². The molecule has 8 nitrogen and oxygen atoms in total. The zero-order valence-electron chi connectivity index (χ0n) is 17.2. The molecule has 0 aliphatic carbocycles. The first-order valence-electron chi connectivity index (χ1n) is 10.6. The number of phenolic OH excluding ortho intramolecular Hbond substituents is 1. The molecule has 0 saturated carbocycles. The molecule has 3 heterocycles. The number of benzene rings is 2. The fraction of sp³-hybridized carbons (Fsp3) is 0.478. The first-order chi connectivity index (χ1) is 15.5. The molecule has 172 valence electrons. The fourth-order valence-electron chi connectivity index (χ4n) is 4.56. The lowest BCUT2D eigenvalue weighted by Gasteiger charge is -2.39. The molecular weight excluding hydrogens is 423 g/mol. The number of aromatic hydroxyl groups is 1. The highest BCUT2D eigenvalue weighted by Crippen LogP contribution is 2.46. The lowest BCUT2D eigenvalue weighted by molar-refractivity contribution is -0.214. The van der Waals surface area contributed by atoms with Gasteiger partial charge in [-0.25, -0.2) is 4.39 Å². The Hall–Kier alpha value is -2.59. The number of halogens is 1. The first-order valence-corrected chi connectivity index (χ1v) is 10.6. The third kappa shape index (κ3) is 3.55. The average molecular weight is 448 g/mol. The van der Waals surface area contributed by atoms with Crippen LogP contribution in [0.25, 0.3) is 0 Å². The van der Waals surface area contributed by atoms with Crippen molar-refractivity contribution in [1.82, 2.24) is 0 Å². The lowest BCUT2D eigenvalue weighted by Crippen LogP contribution is -2.53. The molecule has 3 aliphatic rings. The molecule has 3 aliphatic heterocycles. The molecular formula is C23H25FO8. The molecule has 9 heteroatoms. The van der Waals surface area contributed by atoms with Crippen LogP contribution in [-0.2, 0) is 17.6 Å². The smallest absolute Gasteiger partial charge is 0.161 e. The molecule has 0 radical (unpaired) electrons. The van der Waals surface area contributed by atoms with E-state index in [1.807, 2.05) is 18.2 Å². The Bertz CT molecular complexity index is 1010. The number of rotatable bonds is 4. The minimum Gasteiger partial charge on any atom is -0.507 e. The normalized spacial score (nSPS) is 28.8. The van der Waals surface area contributed by atoms with Crippen molar-refractivity contribution in [2.24, 2.45) is 0 Å². The molecule has 0 amide bonds. The van der Waals surface area contributed by atoms with Gasteiger partial charge in [0.05, 0.1) is 13.2 Å². The molecule has 0 bridgehead atoms. The van der Waals surface area contributed by atoms with Crippen LogP contribution in [-0.4, -0.2) is 71.3 Å². The fourth-order valence-corrected chi connectivity index (χ4v) is 4.56. The molecule has 32 heavy (non-hydrogen) atoms. The molecule has 5 rings (SSSR count). The minimum absolute atomic E-state index is 0.117. The van der Waals surface area contributed by atoms with E-state index in [9.17, 15) is 24.8 Å². The van der Waals surface area contributed by atoms with Crippen molar-refractivity contribution in [3.63, 3.8) is 0 Å². The molecule has 1 fully saturated rings. The Morgan fingerprint density at radius 1 is 0.969 bits per heavy atom. The summed E-state index contributed by atoms with van der Waals surface area (Å²) >= 11 is 0. The molecule has 0 aromatic heterocycles. The maximum absolute atomic E-state index is 14.2. The van der Waals surface area contributed by atoms with E-state index in [-0.39, 0.29) is 11.3 Å². The summed E-state index contributed by atoms with van der Waals surface area (Å²) in [7, 11) is 0. The summed E-state index contributed by atoms with van der Waals surface area (Å²) in [6, 6.07) is 7.27. The van der Waals surface area contributed by atoms with Crippen LogP contribution < -0.4 is 14.2 Å². The zero-order valence-corrected chi connectivity index (χ0v) is 17.2. The number of hydrogen-bond donors (Lipinski definition) is 4. The van der Waals surface area contributed by atoms with E-state index in [0.717, 1.165) is 11.1 Å². The number of aliphatic hydroxyl groups excluding tert-OH is 3. The van der Waals surface area contributed by atoms with Crippen LogP contribution in [0, 0.1) is 0 Å². The second-order valence-corrected chi connectivity index (χ2v) is 8.24. The van der Waals surface area contributed by atoms with Crippen molar-refractivity contribution in [3.8, 4) is 23.0 Å². The highest BCUT2D eigenvalue weighted by molar-refractivity contribution is 5.58. The predicted octanol–water partition coefficient (Wildman–Crippen LogP) is 1.18. The highest BCUT2D eigenvalue weighted by Gasteiger charge is 2.46. The summed E-state index contributed by atoms with van der Waals surface area (Å²) in [5, 5.41) is 41.0. The standard InChI is InChI=1S/C23H25FO8/c24-18-17(10-25)32-23(21(28)20(18)27)14-9-12(22-13(19(14)26)3-4-31-22)7-11-1-2-15-16(8-11)30-6-5-29-15/h1-2,8-9,17-18,20-21,23,25-28H,3-7,10H2/t17-,18-,20+,21-,23+/m1/s1. The van der Waals surface area contributed by atoms with Gasteiger partial charge >= 0.3 is 0 Å². The molecule has 2 aromatic carbocycles. The predicted molar refractivity (Wildman–Crippen MR) is 109 cm³/mol. The van der Waals surface area contributed by atoms with E-state index in [2.05, 4.69) is 0 Å². The van der Waals surface area contributed by atoms with E-state index >= 15 is 0 Å². The third-order valence-electron chi connectivity index (χ3n) is 6.20. The number of fused-ring (bicyclic) bond motifs is 2. The van der Waals surface area contributed by atoms with E-state index in [4.69, 9.17) is 18.9 Å². The molecule has 0 spiro atoms. The van der Waals surface area contributed by atoms with Gasteiger partial charge in [-0.15, -0.1) is 0 Å². The van der Waals surface area contributed by atoms with Crippen molar-refractivity contribution in [1.29, 1.82) is 0 Å². The van der Waals surface area contributed by atoms with Crippen molar-refractivity contribution in [2.75, 3.05) is 26.4 Å². The topological polar surface area (TPSA) is 118 Å². The van der Waals surface area contributed by atoms with Crippen LogP contribution in [0.3, 0.4) is 0 Å². The number of alkyl halides is 1. The maximum atomic E-state index is 14.2.